The second kappa shape index (κ2) is 7.53. The Morgan fingerprint density at radius 2 is 2.19 bits per heavy atom. The molecule has 0 saturated carbocycles. The molecule has 1 fully saturated rings. The SMILES string of the molecule is CC[C@@H](Sc1nc2ccccc2o1)C(=O)N1CCC(c2ncc[nH]2)CC1. The standard InChI is InChI=1S/C19H22N4O2S/c1-2-16(26-19-22-14-5-3-4-6-15(14)25-19)18(24)23-11-7-13(8-12-23)17-20-9-10-21-17/h3-6,9-10,13,16H,2,7-8,11-12H2,1H3,(H,20,21)/t16-/m1/s1. The Labute approximate surface area is 156 Å². The number of thioether (sulfide) groups is 1. The molecule has 3 heterocycles. The molecule has 1 saturated heterocycles. The van der Waals surface area contributed by atoms with E-state index in [1.54, 1.807) is 6.20 Å². The molecule has 1 aliphatic heterocycles. The van der Waals surface area contributed by atoms with Crippen molar-refractivity contribution in [2.24, 2.45) is 0 Å². The molecule has 1 amide bonds. The van der Waals surface area contributed by atoms with Crippen molar-refractivity contribution in [2.45, 2.75) is 42.6 Å². The minimum Gasteiger partial charge on any atom is -0.431 e. The zero-order valence-electron chi connectivity index (χ0n) is 14.7. The smallest absolute Gasteiger partial charge is 0.257 e. The molecule has 7 heteroatoms. The van der Waals surface area contributed by atoms with Crippen LogP contribution in [-0.4, -0.2) is 44.1 Å². The van der Waals surface area contributed by atoms with Crippen LogP contribution in [0.25, 0.3) is 11.1 Å². The van der Waals surface area contributed by atoms with Gasteiger partial charge >= 0.3 is 0 Å². The second-order valence-electron chi connectivity index (χ2n) is 6.54. The Bertz CT molecular complexity index is 836. The maximum absolute atomic E-state index is 13.0. The number of piperidine rings is 1. The molecule has 2 aromatic heterocycles. The van der Waals surface area contributed by atoms with Crippen LogP contribution >= 0.6 is 11.8 Å². The lowest BCUT2D eigenvalue weighted by Gasteiger charge is -2.33. The van der Waals surface area contributed by atoms with Crippen molar-refractivity contribution < 1.29 is 9.21 Å². The number of H-pyrrole nitrogens is 1. The van der Waals surface area contributed by atoms with E-state index in [1.165, 1.54) is 11.8 Å². The molecule has 6 nitrogen and oxygen atoms in total. The quantitative estimate of drug-likeness (QED) is 0.691. The first kappa shape index (κ1) is 17.1. The van der Waals surface area contributed by atoms with E-state index in [4.69, 9.17) is 4.42 Å². The number of amides is 1. The predicted octanol–water partition coefficient (Wildman–Crippen LogP) is 3.83. The monoisotopic (exact) mass is 370 g/mol. The average molecular weight is 370 g/mol. The summed E-state index contributed by atoms with van der Waals surface area (Å²) in [5, 5.41) is 0.403. The molecule has 1 aromatic carbocycles. The van der Waals surface area contributed by atoms with Gasteiger partial charge in [0.25, 0.3) is 5.22 Å². The third-order valence-corrected chi connectivity index (χ3v) is 6.07. The Morgan fingerprint density at radius 1 is 1.38 bits per heavy atom. The number of hydrogen-bond acceptors (Lipinski definition) is 5. The summed E-state index contributed by atoms with van der Waals surface area (Å²) in [6, 6.07) is 7.68. The van der Waals surface area contributed by atoms with Gasteiger partial charge in [0.05, 0.1) is 5.25 Å². The summed E-state index contributed by atoms with van der Waals surface area (Å²) in [4.78, 5) is 27.0. The largest absolute Gasteiger partial charge is 0.431 e. The van der Waals surface area contributed by atoms with Crippen LogP contribution < -0.4 is 0 Å². The van der Waals surface area contributed by atoms with Crippen LogP contribution in [0.1, 0.15) is 37.9 Å². The summed E-state index contributed by atoms with van der Waals surface area (Å²) in [5.74, 6) is 1.63. The number of fused-ring (bicyclic) bond motifs is 1. The molecule has 1 aliphatic rings. The first-order valence-electron chi connectivity index (χ1n) is 9.05. The molecule has 3 aromatic rings. The van der Waals surface area contributed by atoms with Crippen molar-refractivity contribution in [1.29, 1.82) is 0 Å². The lowest BCUT2D eigenvalue weighted by atomic mass is 9.96. The molecular formula is C19H22N4O2S. The Balaban J connectivity index is 1.39. The summed E-state index contributed by atoms with van der Waals surface area (Å²) in [5.41, 5.74) is 1.59. The zero-order valence-corrected chi connectivity index (χ0v) is 15.5. The van der Waals surface area contributed by atoms with Gasteiger partial charge in [-0.25, -0.2) is 9.97 Å². The van der Waals surface area contributed by atoms with E-state index in [0.717, 1.165) is 49.3 Å². The van der Waals surface area contributed by atoms with Crippen LogP contribution in [0.15, 0.2) is 46.3 Å². The van der Waals surface area contributed by atoms with Gasteiger partial charge in [-0.1, -0.05) is 30.8 Å². The zero-order chi connectivity index (χ0) is 17.9. The highest BCUT2D eigenvalue weighted by molar-refractivity contribution is 8.00. The summed E-state index contributed by atoms with van der Waals surface area (Å²) in [7, 11) is 0. The lowest BCUT2D eigenvalue weighted by Crippen LogP contribution is -2.42. The van der Waals surface area contributed by atoms with E-state index < -0.39 is 0 Å². The summed E-state index contributed by atoms with van der Waals surface area (Å²) >= 11 is 1.43. The van der Waals surface area contributed by atoms with E-state index in [1.807, 2.05) is 42.3 Å². The van der Waals surface area contributed by atoms with Crippen molar-refractivity contribution >= 4 is 28.8 Å². The normalized spacial score (nSPS) is 16.9. The molecule has 1 atom stereocenters. The van der Waals surface area contributed by atoms with E-state index in [9.17, 15) is 4.79 Å². The molecule has 0 spiro atoms. The van der Waals surface area contributed by atoms with Crippen molar-refractivity contribution in [3.05, 3.63) is 42.5 Å². The average Bonchev–Trinajstić information content (AvgIpc) is 3.35. The van der Waals surface area contributed by atoms with Gasteiger partial charge in [-0.3, -0.25) is 4.79 Å². The summed E-state index contributed by atoms with van der Waals surface area (Å²) in [6.45, 7) is 3.58. The minimum absolute atomic E-state index is 0.164. The molecule has 0 unspecified atom stereocenters. The van der Waals surface area contributed by atoms with Crippen LogP contribution in [0.3, 0.4) is 0 Å². The van der Waals surface area contributed by atoms with Gasteiger partial charge in [-0.05, 0) is 31.4 Å². The lowest BCUT2D eigenvalue weighted by molar-refractivity contribution is -0.131. The van der Waals surface area contributed by atoms with Crippen LogP contribution in [0.4, 0.5) is 0 Å². The third-order valence-electron chi connectivity index (χ3n) is 4.88. The minimum atomic E-state index is -0.164. The van der Waals surface area contributed by atoms with Gasteiger partial charge in [0.2, 0.25) is 5.91 Å². The number of benzene rings is 1. The number of aromatic nitrogens is 3. The topological polar surface area (TPSA) is 75.0 Å². The fraction of sp³-hybridized carbons (Fsp3) is 0.421. The molecule has 136 valence electrons. The number of likely N-dealkylation sites (tertiary alicyclic amines) is 1. The van der Waals surface area contributed by atoms with Crippen LogP contribution in [-0.2, 0) is 4.79 Å². The van der Waals surface area contributed by atoms with E-state index in [0.29, 0.717) is 11.1 Å². The molecule has 4 rings (SSSR count). The fourth-order valence-electron chi connectivity index (χ4n) is 3.41. The van der Waals surface area contributed by atoms with Crippen LogP contribution in [0.2, 0.25) is 0 Å². The molecule has 1 N–H and O–H groups in total. The van der Waals surface area contributed by atoms with Crippen LogP contribution in [0.5, 0.6) is 0 Å². The first-order chi connectivity index (χ1) is 12.7. The van der Waals surface area contributed by atoms with Crippen molar-refractivity contribution in [3.63, 3.8) is 0 Å². The van der Waals surface area contributed by atoms with Crippen molar-refractivity contribution in [1.82, 2.24) is 19.9 Å². The number of aromatic amines is 1. The highest BCUT2D eigenvalue weighted by Crippen LogP contribution is 2.31. The highest BCUT2D eigenvalue weighted by Gasteiger charge is 2.30. The maximum atomic E-state index is 13.0. The maximum Gasteiger partial charge on any atom is 0.257 e. The van der Waals surface area contributed by atoms with Crippen molar-refractivity contribution in [3.8, 4) is 0 Å². The Morgan fingerprint density at radius 3 is 2.88 bits per heavy atom. The van der Waals surface area contributed by atoms with Gasteiger partial charge < -0.3 is 14.3 Å². The van der Waals surface area contributed by atoms with Crippen LogP contribution in [0, 0.1) is 0 Å². The summed E-state index contributed by atoms with van der Waals surface area (Å²) < 4.78 is 5.77. The van der Waals surface area contributed by atoms with Gasteiger partial charge in [0.15, 0.2) is 5.58 Å². The summed E-state index contributed by atoms with van der Waals surface area (Å²) in [6.07, 6.45) is 6.29. The number of carbonyl (C=O) groups is 1. The molecule has 0 aliphatic carbocycles. The number of carbonyl (C=O) groups excluding carboxylic acids is 1. The van der Waals surface area contributed by atoms with Crippen molar-refractivity contribution in [2.75, 3.05) is 13.1 Å². The van der Waals surface area contributed by atoms with E-state index in [-0.39, 0.29) is 11.2 Å². The molecular weight excluding hydrogens is 348 g/mol. The Kier molecular flexibility index (Phi) is 4.97. The number of rotatable bonds is 5. The number of para-hydroxylation sites is 2. The number of imidazole rings is 1. The highest BCUT2D eigenvalue weighted by atomic mass is 32.2. The second-order valence-corrected chi connectivity index (χ2v) is 7.69. The molecule has 0 bridgehead atoms. The van der Waals surface area contributed by atoms with Gasteiger partial charge in [-0.2, -0.15) is 0 Å². The number of oxazole rings is 1. The molecule has 26 heavy (non-hydrogen) atoms. The number of nitrogens with one attached hydrogen (secondary N) is 1. The predicted molar refractivity (Wildman–Crippen MR) is 101 cm³/mol. The van der Waals surface area contributed by atoms with Gasteiger partial charge in [0, 0.05) is 31.4 Å². The molecule has 0 radical (unpaired) electrons. The van der Waals surface area contributed by atoms with Gasteiger partial charge in [-0.15, -0.1) is 0 Å². The fourth-order valence-corrected chi connectivity index (χ4v) is 4.36. The van der Waals surface area contributed by atoms with Gasteiger partial charge in [0.1, 0.15) is 11.3 Å². The Hall–Kier alpha value is -2.28. The van der Waals surface area contributed by atoms with E-state index in [2.05, 4.69) is 15.0 Å². The van der Waals surface area contributed by atoms with E-state index >= 15 is 0 Å². The number of nitrogens with zero attached hydrogens (tertiary/aromatic N) is 3. The third kappa shape index (κ3) is 3.49. The number of hydrogen-bond donors (Lipinski definition) is 1. The first-order valence-corrected chi connectivity index (χ1v) is 9.93.